The summed E-state index contributed by atoms with van der Waals surface area (Å²) in [5.74, 6) is 0. The van der Waals surface area contributed by atoms with Crippen molar-refractivity contribution in [1.29, 1.82) is 0 Å². The molecule has 1 aliphatic carbocycles. The molecule has 0 spiro atoms. The molecule has 0 saturated heterocycles. The summed E-state index contributed by atoms with van der Waals surface area (Å²) in [5.41, 5.74) is 0. The molecule has 0 aliphatic heterocycles. The zero-order chi connectivity index (χ0) is 3.91. The Kier molecular flexibility index (Phi) is 0.424. The highest BCUT2D eigenvalue weighted by Crippen LogP contribution is 2.28. The third-order valence-corrected chi connectivity index (χ3v) is 1.52. The van der Waals surface area contributed by atoms with Gasteiger partial charge in [-0.05, 0) is 12.8 Å². The summed E-state index contributed by atoms with van der Waals surface area (Å²) in [4.78, 5) is 0. The molecule has 0 heterocycles. The summed E-state index contributed by atoms with van der Waals surface area (Å²) in [5, 5.41) is 0. The summed E-state index contributed by atoms with van der Waals surface area (Å²) in [7, 11) is 0. The lowest BCUT2D eigenvalue weighted by molar-refractivity contribution is 1.50. The third kappa shape index (κ3) is 0.587. The van der Waals surface area contributed by atoms with Crippen molar-refractivity contribution in [2.24, 2.45) is 0 Å². The van der Waals surface area contributed by atoms with Crippen molar-refractivity contribution in [3.05, 3.63) is 0 Å². The second kappa shape index (κ2) is 0.847. The lowest BCUT2D eigenvalue weighted by Crippen LogP contribution is -1.42. The summed E-state index contributed by atoms with van der Waals surface area (Å²) in [6.07, 6.45) is 2.21. The van der Waals surface area contributed by atoms with Gasteiger partial charge in [0.15, 0.2) is 0 Å². The molecule has 0 bridgehead atoms. The number of hydrogen-bond acceptors (Lipinski definition) is 0. The highest BCUT2D eigenvalue weighted by Gasteiger charge is 2.15. The molecule has 4 heavy (non-hydrogen) atoms. The Balaban J connectivity index is 2.38. The van der Waals surface area contributed by atoms with Gasteiger partial charge in [0, 0.05) is 5.27 Å². The van der Waals surface area contributed by atoms with Crippen LogP contribution in [-0.2, 0) is 0 Å². The first kappa shape index (κ1) is 2.00. The van der Waals surface area contributed by atoms with E-state index in [4.69, 9.17) is 1.37 Å². The van der Waals surface area contributed by atoms with E-state index < -0.39 is 0 Å². The first-order valence-electron chi connectivity index (χ1n) is 1.90. The normalized spacial score (nSPS) is 37.8. The van der Waals surface area contributed by atoms with Crippen LogP contribution in [0.2, 0.25) is 0 Å². The minimum Gasteiger partial charge on any atom is -0.0826 e. The minimum absolute atomic E-state index is 0.0300. The zero-order valence-electron chi connectivity index (χ0n) is 3.29. The van der Waals surface area contributed by atoms with Gasteiger partial charge in [-0.15, -0.1) is 0 Å². The van der Waals surface area contributed by atoms with Gasteiger partial charge in [-0.1, -0.05) is 22.6 Å². The van der Waals surface area contributed by atoms with Crippen LogP contribution in [0.15, 0.2) is 0 Å². The molecule has 0 aromatic carbocycles. The summed E-state index contributed by atoms with van der Waals surface area (Å²) < 4.78 is 7.01. The molecule has 0 radical (unpaired) electrons. The fourth-order valence-electron chi connectivity index (χ4n) is 0.0472. The van der Waals surface area contributed by atoms with Crippen molar-refractivity contribution in [3.8, 4) is 0 Å². The molecule has 1 heteroatoms. The number of halogens is 1. The van der Waals surface area contributed by atoms with Crippen LogP contribution in [0.5, 0.6) is 0 Å². The highest BCUT2D eigenvalue weighted by atomic mass is 127. The molecule has 0 N–H and O–H groups in total. The molecule has 0 unspecified atom stereocenters. The molecule has 0 nitrogen and oxygen atoms in total. The van der Waals surface area contributed by atoms with Gasteiger partial charge in [0.2, 0.25) is 0 Å². The van der Waals surface area contributed by atoms with E-state index in [2.05, 4.69) is 22.6 Å². The van der Waals surface area contributed by atoms with Crippen LogP contribution < -0.4 is 0 Å². The summed E-state index contributed by atoms with van der Waals surface area (Å²) >= 11 is 2.16. The van der Waals surface area contributed by atoms with Gasteiger partial charge >= 0.3 is 0 Å². The van der Waals surface area contributed by atoms with Crippen LogP contribution in [0, 0.1) is 0 Å². The number of rotatable bonds is 0. The van der Waals surface area contributed by atoms with E-state index in [1.807, 2.05) is 0 Å². The van der Waals surface area contributed by atoms with Gasteiger partial charge in [-0.25, -0.2) is 0 Å². The Hall–Kier alpha value is 0.730. The first-order valence-corrected chi connectivity index (χ1v) is 2.47. The number of hydrogen-bond donors (Lipinski definition) is 0. The van der Waals surface area contributed by atoms with Gasteiger partial charge in [-0.2, -0.15) is 0 Å². The van der Waals surface area contributed by atoms with Gasteiger partial charge in [0.05, 0.1) is 0 Å². The maximum Gasteiger partial charge on any atom is 0.0414 e. The van der Waals surface area contributed by atoms with Crippen molar-refractivity contribution >= 4 is 22.6 Å². The monoisotopic (exact) mass is 169 g/mol. The molecule has 1 fully saturated rings. The largest absolute Gasteiger partial charge is 0.0826 e. The predicted octanol–water partition coefficient (Wildman–Crippen LogP) is 1.58. The predicted molar refractivity (Wildman–Crippen MR) is 27.0 cm³/mol. The summed E-state index contributed by atoms with van der Waals surface area (Å²) in [6, 6.07) is 0. The molecule has 1 aliphatic rings. The molecule has 0 atom stereocenters. The van der Waals surface area contributed by atoms with Crippen molar-refractivity contribution in [2.45, 2.75) is 16.7 Å². The minimum atomic E-state index is -0.0300. The SMILES string of the molecule is [2H]C1(I)CC1. The van der Waals surface area contributed by atoms with Crippen LogP contribution in [0.1, 0.15) is 14.2 Å². The van der Waals surface area contributed by atoms with Crippen molar-refractivity contribution in [2.75, 3.05) is 0 Å². The van der Waals surface area contributed by atoms with Gasteiger partial charge < -0.3 is 0 Å². The van der Waals surface area contributed by atoms with Crippen LogP contribution >= 0.6 is 22.6 Å². The first-order chi connectivity index (χ1) is 2.21. The van der Waals surface area contributed by atoms with Crippen LogP contribution in [0.25, 0.3) is 0 Å². The van der Waals surface area contributed by atoms with E-state index >= 15 is 0 Å². The molecule has 0 aromatic rings. The van der Waals surface area contributed by atoms with Crippen molar-refractivity contribution < 1.29 is 1.37 Å². The zero-order valence-corrected chi connectivity index (χ0v) is 4.45. The van der Waals surface area contributed by atoms with E-state index in [1.54, 1.807) is 0 Å². The molecular formula is C3H5I. The Bertz CT molecular complexity index is 44.9. The maximum absolute atomic E-state index is 7.04. The maximum atomic E-state index is 7.04. The van der Waals surface area contributed by atoms with Crippen LogP contribution in [0.4, 0.5) is 0 Å². The quantitative estimate of drug-likeness (QED) is 0.381. The molecule has 0 amide bonds. The Labute approximate surface area is 41.1 Å². The van der Waals surface area contributed by atoms with E-state index in [-0.39, 0.29) is 3.90 Å². The Morgan fingerprint density at radius 2 is 2.25 bits per heavy atom. The van der Waals surface area contributed by atoms with Gasteiger partial charge in [0.1, 0.15) is 0 Å². The van der Waals surface area contributed by atoms with Crippen LogP contribution in [-0.4, -0.2) is 3.90 Å². The number of alkyl halides is 1. The Morgan fingerprint density at radius 3 is 2.25 bits per heavy atom. The lowest BCUT2D eigenvalue weighted by Gasteiger charge is -1.50. The third-order valence-electron chi connectivity index (χ3n) is 0.439. The summed E-state index contributed by atoms with van der Waals surface area (Å²) in [6.45, 7) is 0. The molecule has 0 aromatic heterocycles. The fraction of sp³-hybridized carbons (Fsp3) is 1.00. The average molecular weight is 169 g/mol. The van der Waals surface area contributed by atoms with Gasteiger partial charge in [-0.3, -0.25) is 0 Å². The van der Waals surface area contributed by atoms with Crippen molar-refractivity contribution in [1.82, 2.24) is 0 Å². The molecule has 24 valence electrons. The van der Waals surface area contributed by atoms with E-state index in [0.717, 1.165) is 12.8 Å². The standard InChI is InChI=1S/C3H5I/c4-3-1-2-3/h3H,1-2H2/i3D. The van der Waals surface area contributed by atoms with Gasteiger partial charge in [0.25, 0.3) is 0 Å². The Morgan fingerprint density at radius 1 is 2.00 bits per heavy atom. The second-order valence-electron chi connectivity index (χ2n) is 1.02. The van der Waals surface area contributed by atoms with Crippen molar-refractivity contribution in [3.63, 3.8) is 0 Å². The fourth-order valence-corrected chi connectivity index (χ4v) is 0.317. The smallest absolute Gasteiger partial charge is 0.0414 e. The average Bonchev–Trinajstić information content (AvgIpc) is 1.76. The second-order valence-corrected chi connectivity index (χ2v) is 2.54. The molecule has 1 rings (SSSR count). The van der Waals surface area contributed by atoms with E-state index in [0.29, 0.717) is 0 Å². The topological polar surface area (TPSA) is 0 Å². The molecular weight excluding hydrogens is 163 g/mol. The van der Waals surface area contributed by atoms with Crippen LogP contribution in [0.3, 0.4) is 0 Å². The molecule has 1 saturated carbocycles. The lowest BCUT2D eigenvalue weighted by atomic mass is 11.0. The highest BCUT2D eigenvalue weighted by molar-refractivity contribution is 14.1. The van der Waals surface area contributed by atoms with E-state index in [1.165, 1.54) is 0 Å². The van der Waals surface area contributed by atoms with E-state index in [9.17, 15) is 0 Å².